The van der Waals surface area contributed by atoms with Crippen LogP contribution in [0.15, 0.2) is 0 Å². The van der Waals surface area contributed by atoms with Gasteiger partial charge in [-0.25, -0.2) is 13.6 Å². The fourth-order valence-corrected chi connectivity index (χ4v) is 2.60. The van der Waals surface area contributed by atoms with Crippen molar-refractivity contribution in [2.45, 2.75) is 57.2 Å². The molecule has 0 spiro atoms. The van der Waals surface area contributed by atoms with E-state index >= 15 is 0 Å². The van der Waals surface area contributed by atoms with Crippen molar-refractivity contribution in [3.63, 3.8) is 0 Å². The van der Waals surface area contributed by atoms with E-state index in [1.807, 2.05) is 0 Å². The Hall–Kier alpha value is -0.910. The monoisotopic (exact) mass is 263 g/mol. The molecule has 1 aliphatic carbocycles. The van der Waals surface area contributed by atoms with Crippen molar-refractivity contribution >= 4 is 6.09 Å². The third kappa shape index (κ3) is 2.18. The Balaban J connectivity index is 2.14. The van der Waals surface area contributed by atoms with Crippen LogP contribution in [0.4, 0.5) is 13.6 Å². The first-order valence-electron chi connectivity index (χ1n) is 6.18. The van der Waals surface area contributed by atoms with Gasteiger partial charge in [0.15, 0.2) is 0 Å². The zero-order valence-electron chi connectivity index (χ0n) is 10.8. The van der Waals surface area contributed by atoms with E-state index in [9.17, 15) is 18.7 Å². The minimum Gasteiger partial charge on any atom is -0.444 e. The zero-order chi connectivity index (χ0) is 13.7. The lowest BCUT2D eigenvalue weighted by molar-refractivity contribution is -0.0108. The maximum absolute atomic E-state index is 13.5. The van der Waals surface area contributed by atoms with Crippen LogP contribution in [-0.2, 0) is 4.74 Å². The number of aliphatic hydroxyl groups is 1. The molecule has 1 N–H and O–H groups in total. The van der Waals surface area contributed by atoms with Gasteiger partial charge in [-0.1, -0.05) is 0 Å². The summed E-state index contributed by atoms with van der Waals surface area (Å²) in [6.07, 6.45) is -0.0114. The number of hydrogen-bond donors (Lipinski definition) is 1. The molecule has 0 radical (unpaired) electrons. The topological polar surface area (TPSA) is 49.8 Å². The van der Waals surface area contributed by atoms with Gasteiger partial charge in [-0.15, -0.1) is 0 Å². The first-order chi connectivity index (χ1) is 8.18. The summed E-state index contributed by atoms with van der Waals surface area (Å²) >= 11 is 0. The van der Waals surface area contributed by atoms with E-state index in [4.69, 9.17) is 4.74 Å². The average Bonchev–Trinajstić information content (AvgIpc) is 2.78. The number of nitrogens with zero attached hydrogens (tertiary/aromatic N) is 1. The van der Waals surface area contributed by atoms with Crippen molar-refractivity contribution in [2.24, 2.45) is 5.92 Å². The number of ether oxygens (including phenoxy) is 1. The lowest BCUT2D eigenvalue weighted by Crippen LogP contribution is -2.49. The van der Waals surface area contributed by atoms with Gasteiger partial charge >= 0.3 is 6.09 Å². The lowest BCUT2D eigenvalue weighted by Gasteiger charge is -2.35. The van der Waals surface area contributed by atoms with Crippen LogP contribution in [-0.4, -0.2) is 46.3 Å². The van der Waals surface area contributed by atoms with E-state index in [2.05, 4.69) is 0 Å². The zero-order valence-corrected chi connectivity index (χ0v) is 10.8. The van der Waals surface area contributed by atoms with Crippen molar-refractivity contribution in [1.82, 2.24) is 4.90 Å². The third-order valence-electron chi connectivity index (χ3n) is 3.48. The third-order valence-corrected chi connectivity index (χ3v) is 3.48. The highest BCUT2D eigenvalue weighted by Crippen LogP contribution is 2.58. The molecule has 1 aliphatic heterocycles. The number of carbonyl (C=O) groups is 1. The fraction of sp³-hybridized carbons (Fsp3) is 0.917. The van der Waals surface area contributed by atoms with E-state index in [0.717, 1.165) is 4.90 Å². The number of likely N-dealkylation sites (tertiary alicyclic amines) is 1. The first kappa shape index (κ1) is 13.5. The van der Waals surface area contributed by atoms with Gasteiger partial charge in [-0.2, -0.15) is 0 Å². The molecular formula is C12H19F2NO3. The molecule has 1 amide bonds. The molecule has 1 heterocycles. The normalized spacial score (nSPS) is 33.9. The smallest absolute Gasteiger partial charge is 0.411 e. The molecule has 104 valence electrons. The predicted molar refractivity (Wildman–Crippen MR) is 60.4 cm³/mol. The second-order valence-electron chi connectivity index (χ2n) is 6.03. The number of alkyl halides is 2. The van der Waals surface area contributed by atoms with Crippen LogP contribution < -0.4 is 0 Å². The minimum absolute atomic E-state index is 0.307. The van der Waals surface area contributed by atoms with E-state index in [0.29, 0.717) is 12.8 Å². The standard InChI is InChI=1S/C12H19F2NO3/c1-11(2,3)18-10(17)15-7(6-16)4-5-8-9(15)12(8,13)14/h7-9,16H,4-6H2,1-3H3/t7-,8+,9-/m1/s1. The van der Waals surface area contributed by atoms with Crippen molar-refractivity contribution in [3.8, 4) is 0 Å². The molecule has 2 fully saturated rings. The van der Waals surface area contributed by atoms with Crippen molar-refractivity contribution in [2.75, 3.05) is 6.61 Å². The van der Waals surface area contributed by atoms with Gasteiger partial charge in [0.1, 0.15) is 11.6 Å². The predicted octanol–water partition coefficient (Wildman–Crippen LogP) is 2.01. The lowest BCUT2D eigenvalue weighted by atomic mass is 10.0. The highest BCUT2D eigenvalue weighted by atomic mass is 19.3. The van der Waals surface area contributed by atoms with E-state index in [1.165, 1.54) is 0 Å². The average molecular weight is 263 g/mol. The minimum atomic E-state index is -2.83. The Morgan fingerprint density at radius 1 is 1.44 bits per heavy atom. The highest BCUT2D eigenvalue weighted by Gasteiger charge is 2.74. The molecule has 6 heteroatoms. The summed E-state index contributed by atoms with van der Waals surface area (Å²) in [4.78, 5) is 13.0. The van der Waals surface area contributed by atoms with Crippen LogP contribution in [0.1, 0.15) is 33.6 Å². The molecule has 18 heavy (non-hydrogen) atoms. The van der Waals surface area contributed by atoms with Gasteiger partial charge in [-0.3, -0.25) is 4.90 Å². The molecule has 1 saturated carbocycles. The Morgan fingerprint density at radius 3 is 2.56 bits per heavy atom. The number of halogens is 2. The molecular weight excluding hydrogens is 244 g/mol. The molecule has 0 aromatic rings. The van der Waals surface area contributed by atoms with Crippen LogP contribution in [0.5, 0.6) is 0 Å². The van der Waals surface area contributed by atoms with Gasteiger partial charge in [0.2, 0.25) is 0 Å². The number of fused-ring (bicyclic) bond motifs is 1. The maximum atomic E-state index is 13.5. The Labute approximate surface area is 105 Å². The van der Waals surface area contributed by atoms with Crippen LogP contribution in [0.3, 0.4) is 0 Å². The summed E-state index contributed by atoms with van der Waals surface area (Å²) < 4.78 is 32.2. The summed E-state index contributed by atoms with van der Waals surface area (Å²) in [5, 5.41) is 9.22. The van der Waals surface area contributed by atoms with Gasteiger partial charge in [-0.05, 0) is 33.6 Å². The van der Waals surface area contributed by atoms with Crippen LogP contribution >= 0.6 is 0 Å². The number of piperidine rings is 1. The molecule has 1 saturated heterocycles. The van der Waals surface area contributed by atoms with Gasteiger partial charge in [0.05, 0.1) is 18.6 Å². The van der Waals surface area contributed by atoms with Gasteiger partial charge in [0.25, 0.3) is 5.92 Å². The highest BCUT2D eigenvalue weighted by molar-refractivity contribution is 5.70. The Morgan fingerprint density at radius 2 is 2.06 bits per heavy atom. The van der Waals surface area contributed by atoms with Crippen LogP contribution in [0, 0.1) is 5.92 Å². The quantitative estimate of drug-likeness (QED) is 0.787. The van der Waals surface area contributed by atoms with E-state index in [-0.39, 0.29) is 6.61 Å². The number of amides is 1. The largest absolute Gasteiger partial charge is 0.444 e. The summed E-state index contributed by atoms with van der Waals surface area (Å²) in [6, 6.07) is -1.66. The number of carbonyl (C=O) groups excluding carboxylic acids is 1. The molecule has 0 unspecified atom stereocenters. The van der Waals surface area contributed by atoms with Crippen molar-refractivity contribution in [1.29, 1.82) is 0 Å². The molecule has 2 aliphatic rings. The molecule has 3 atom stereocenters. The van der Waals surface area contributed by atoms with Crippen molar-refractivity contribution < 1.29 is 23.4 Å². The Bertz CT molecular complexity index is 354. The van der Waals surface area contributed by atoms with Gasteiger partial charge in [0, 0.05) is 0 Å². The first-order valence-corrected chi connectivity index (χ1v) is 6.18. The number of hydrogen-bond acceptors (Lipinski definition) is 3. The number of aliphatic hydroxyl groups excluding tert-OH is 1. The molecule has 0 aromatic carbocycles. The number of rotatable bonds is 1. The van der Waals surface area contributed by atoms with Crippen molar-refractivity contribution in [3.05, 3.63) is 0 Å². The molecule has 0 bridgehead atoms. The second-order valence-corrected chi connectivity index (χ2v) is 6.03. The molecule has 4 nitrogen and oxygen atoms in total. The Kier molecular flexibility index (Phi) is 3.04. The van der Waals surface area contributed by atoms with Crippen LogP contribution in [0.25, 0.3) is 0 Å². The van der Waals surface area contributed by atoms with E-state index < -0.39 is 35.6 Å². The molecule has 0 aromatic heterocycles. The second kappa shape index (κ2) is 4.05. The van der Waals surface area contributed by atoms with Gasteiger partial charge < -0.3 is 9.84 Å². The SMILES string of the molecule is CC(C)(C)OC(=O)N1[C@@H](CO)CC[C@H]2[C@@H]1C2(F)F. The summed E-state index contributed by atoms with van der Waals surface area (Å²) in [5.74, 6) is -3.60. The summed E-state index contributed by atoms with van der Waals surface area (Å²) in [6.45, 7) is 4.75. The fourth-order valence-electron chi connectivity index (χ4n) is 2.60. The summed E-state index contributed by atoms with van der Waals surface area (Å²) in [7, 11) is 0. The van der Waals surface area contributed by atoms with E-state index in [1.54, 1.807) is 20.8 Å². The summed E-state index contributed by atoms with van der Waals surface area (Å²) in [5.41, 5.74) is -0.728. The van der Waals surface area contributed by atoms with Crippen LogP contribution in [0.2, 0.25) is 0 Å². The molecule has 2 rings (SSSR count). The maximum Gasteiger partial charge on any atom is 0.411 e.